The van der Waals surface area contributed by atoms with Crippen LogP contribution in [0.5, 0.6) is 0 Å². The normalized spacial score (nSPS) is 15.2. The fourth-order valence-electron chi connectivity index (χ4n) is 3.36. The van der Waals surface area contributed by atoms with Gasteiger partial charge in [0, 0.05) is 51.9 Å². The smallest absolute Gasteiger partial charge is 0.410 e. The van der Waals surface area contributed by atoms with Crippen molar-refractivity contribution in [3.8, 4) is 0 Å². The molecule has 2 heterocycles. The Morgan fingerprint density at radius 3 is 2.52 bits per heavy atom. The summed E-state index contributed by atoms with van der Waals surface area (Å²) in [6.45, 7) is 9.38. The highest BCUT2D eigenvalue weighted by molar-refractivity contribution is 7.71. The van der Waals surface area contributed by atoms with Crippen molar-refractivity contribution in [2.75, 3.05) is 39.3 Å². The maximum absolute atomic E-state index is 12.5. The van der Waals surface area contributed by atoms with Crippen molar-refractivity contribution in [2.24, 2.45) is 7.05 Å². The van der Waals surface area contributed by atoms with Crippen LogP contribution < -0.4 is 10.9 Å². The quantitative estimate of drug-likeness (QED) is 0.695. The lowest BCUT2D eigenvalue weighted by Gasteiger charge is -2.35. The third-order valence-electron chi connectivity index (χ3n) is 5.10. The summed E-state index contributed by atoms with van der Waals surface area (Å²) >= 11 is 5.14. The molecule has 0 saturated carbocycles. The van der Waals surface area contributed by atoms with Crippen molar-refractivity contribution in [1.82, 2.24) is 24.7 Å². The number of benzene rings is 1. The maximum Gasteiger partial charge on any atom is 0.410 e. The van der Waals surface area contributed by atoms with Crippen LogP contribution in [0.15, 0.2) is 23.0 Å². The fourth-order valence-corrected chi connectivity index (χ4v) is 3.55. The number of H-pyrrole nitrogens is 1. The number of aromatic amines is 1. The molecule has 1 aromatic carbocycles. The molecule has 0 atom stereocenters. The molecule has 9 nitrogen and oxygen atoms in total. The highest BCUT2D eigenvalue weighted by Crippen LogP contribution is 2.12. The Hall–Kier alpha value is -2.72. The molecule has 1 aliphatic rings. The number of amides is 2. The number of carbonyl (C=O) groups is 2. The van der Waals surface area contributed by atoms with Gasteiger partial charge >= 0.3 is 6.09 Å². The molecule has 0 spiro atoms. The van der Waals surface area contributed by atoms with E-state index in [4.69, 9.17) is 17.0 Å². The first-order chi connectivity index (χ1) is 14.5. The first-order valence-corrected chi connectivity index (χ1v) is 10.7. The summed E-state index contributed by atoms with van der Waals surface area (Å²) < 4.78 is 7.07. The Morgan fingerprint density at radius 1 is 1.19 bits per heavy atom. The van der Waals surface area contributed by atoms with E-state index in [1.807, 2.05) is 20.8 Å². The lowest BCUT2D eigenvalue weighted by molar-refractivity contribution is 0.0147. The van der Waals surface area contributed by atoms with Crippen molar-refractivity contribution in [3.05, 3.63) is 38.9 Å². The van der Waals surface area contributed by atoms with Crippen molar-refractivity contribution >= 4 is 35.1 Å². The van der Waals surface area contributed by atoms with Crippen LogP contribution in [-0.2, 0) is 11.8 Å². The molecule has 1 aromatic heterocycles. The van der Waals surface area contributed by atoms with E-state index in [1.165, 1.54) is 4.57 Å². The molecule has 2 amide bonds. The molecule has 2 N–H and O–H groups in total. The van der Waals surface area contributed by atoms with Gasteiger partial charge in [-0.05, 0) is 51.2 Å². The number of nitrogens with zero attached hydrogens (tertiary/aromatic N) is 3. The van der Waals surface area contributed by atoms with Crippen LogP contribution in [-0.4, -0.2) is 76.2 Å². The molecular weight excluding hydrogens is 418 g/mol. The van der Waals surface area contributed by atoms with E-state index in [9.17, 15) is 14.4 Å². The van der Waals surface area contributed by atoms with Crippen LogP contribution in [0.2, 0.25) is 0 Å². The first kappa shape index (κ1) is 23.0. The van der Waals surface area contributed by atoms with E-state index in [0.717, 1.165) is 13.1 Å². The lowest BCUT2D eigenvalue weighted by Crippen LogP contribution is -2.51. The van der Waals surface area contributed by atoms with Crippen LogP contribution in [0.25, 0.3) is 10.9 Å². The summed E-state index contributed by atoms with van der Waals surface area (Å²) in [5.41, 5.74) is 0.301. The van der Waals surface area contributed by atoms with Gasteiger partial charge in [0.05, 0.1) is 10.9 Å². The van der Waals surface area contributed by atoms with E-state index in [0.29, 0.717) is 47.4 Å². The van der Waals surface area contributed by atoms with E-state index in [2.05, 4.69) is 15.2 Å². The number of hydrogen-bond donors (Lipinski definition) is 2. The highest BCUT2D eigenvalue weighted by atomic mass is 32.1. The third kappa shape index (κ3) is 5.71. The third-order valence-corrected chi connectivity index (χ3v) is 5.48. The van der Waals surface area contributed by atoms with Crippen molar-refractivity contribution in [2.45, 2.75) is 26.4 Å². The van der Waals surface area contributed by atoms with E-state index in [-0.39, 0.29) is 17.6 Å². The minimum absolute atomic E-state index is 0.198. The monoisotopic (exact) mass is 447 g/mol. The molecule has 168 valence electrons. The number of fused-ring (bicyclic) bond motifs is 1. The average molecular weight is 448 g/mol. The molecule has 0 radical (unpaired) electrons. The van der Waals surface area contributed by atoms with Crippen LogP contribution in [0.1, 0.15) is 31.1 Å². The van der Waals surface area contributed by atoms with Gasteiger partial charge in [-0.3, -0.25) is 19.1 Å². The Balaban J connectivity index is 1.50. The van der Waals surface area contributed by atoms with Gasteiger partial charge in [0.1, 0.15) is 5.60 Å². The molecule has 31 heavy (non-hydrogen) atoms. The topological polar surface area (TPSA) is 99.7 Å². The van der Waals surface area contributed by atoms with Gasteiger partial charge in [0.25, 0.3) is 11.5 Å². The minimum Gasteiger partial charge on any atom is -0.444 e. The number of hydrogen-bond acceptors (Lipinski definition) is 6. The van der Waals surface area contributed by atoms with Crippen LogP contribution in [0.4, 0.5) is 4.79 Å². The summed E-state index contributed by atoms with van der Waals surface area (Å²) in [5.74, 6) is -0.214. The second-order valence-corrected chi connectivity index (χ2v) is 9.01. The molecule has 0 bridgehead atoms. The number of carbonyl (C=O) groups excluding carboxylic acids is 2. The maximum atomic E-state index is 12.5. The Bertz CT molecular complexity index is 1090. The molecular formula is C21H29N5O4S. The molecule has 0 unspecified atom stereocenters. The second-order valence-electron chi connectivity index (χ2n) is 8.62. The Kier molecular flexibility index (Phi) is 6.80. The zero-order chi connectivity index (χ0) is 22.8. The first-order valence-electron chi connectivity index (χ1n) is 10.3. The zero-order valence-electron chi connectivity index (χ0n) is 18.4. The van der Waals surface area contributed by atoms with Gasteiger partial charge in [-0.1, -0.05) is 0 Å². The van der Waals surface area contributed by atoms with Crippen molar-refractivity contribution < 1.29 is 14.3 Å². The lowest BCUT2D eigenvalue weighted by atomic mass is 10.1. The van der Waals surface area contributed by atoms with Gasteiger partial charge in [-0.15, -0.1) is 0 Å². The van der Waals surface area contributed by atoms with Crippen molar-refractivity contribution in [3.63, 3.8) is 0 Å². The van der Waals surface area contributed by atoms with Crippen molar-refractivity contribution in [1.29, 1.82) is 0 Å². The Labute approximate surface area is 186 Å². The number of nitrogens with one attached hydrogen (secondary N) is 2. The number of rotatable bonds is 4. The molecule has 1 aliphatic heterocycles. The number of aromatic nitrogens is 2. The van der Waals surface area contributed by atoms with Crippen LogP contribution >= 0.6 is 12.2 Å². The summed E-state index contributed by atoms with van der Waals surface area (Å²) in [6.07, 6.45) is -0.286. The standard InChI is InChI=1S/C21H29N5O4S/c1-21(2,3)30-20(29)26-11-9-25(10-12-26)8-7-22-17(27)14-5-6-15-16(13-14)23-19(31)24(4)18(15)28/h5-6,13H,7-12H2,1-4H3,(H,22,27)(H,23,31). The van der Waals surface area contributed by atoms with Gasteiger partial charge in [0.2, 0.25) is 0 Å². The van der Waals surface area contributed by atoms with Crippen LogP contribution in [0, 0.1) is 4.77 Å². The fraction of sp³-hybridized carbons (Fsp3) is 0.524. The molecule has 1 fully saturated rings. The van der Waals surface area contributed by atoms with E-state index in [1.54, 1.807) is 30.1 Å². The summed E-state index contributed by atoms with van der Waals surface area (Å²) in [7, 11) is 1.61. The van der Waals surface area contributed by atoms with Gasteiger partial charge in [0.15, 0.2) is 4.77 Å². The molecule has 1 saturated heterocycles. The SMILES string of the molecule is Cn1c(=S)[nH]c2cc(C(=O)NCCN3CCN(C(=O)OC(C)(C)C)CC3)ccc2c1=O. The summed E-state index contributed by atoms with van der Waals surface area (Å²) in [5, 5.41) is 3.39. The summed E-state index contributed by atoms with van der Waals surface area (Å²) in [4.78, 5) is 43.8. The molecule has 10 heteroatoms. The number of piperazine rings is 1. The van der Waals surface area contributed by atoms with E-state index < -0.39 is 5.60 Å². The van der Waals surface area contributed by atoms with Gasteiger partial charge in [-0.2, -0.15) is 0 Å². The Morgan fingerprint density at radius 2 is 1.87 bits per heavy atom. The minimum atomic E-state index is -0.501. The molecule has 0 aliphatic carbocycles. The number of ether oxygens (including phenoxy) is 1. The highest BCUT2D eigenvalue weighted by Gasteiger charge is 2.25. The van der Waals surface area contributed by atoms with Crippen LogP contribution in [0.3, 0.4) is 0 Å². The predicted molar refractivity (Wildman–Crippen MR) is 121 cm³/mol. The average Bonchev–Trinajstić information content (AvgIpc) is 2.71. The molecule has 2 aromatic rings. The zero-order valence-corrected chi connectivity index (χ0v) is 19.2. The van der Waals surface area contributed by atoms with E-state index >= 15 is 0 Å². The van der Waals surface area contributed by atoms with Gasteiger partial charge in [-0.25, -0.2) is 4.79 Å². The largest absolute Gasteiger partial charge is 0.444 e. The van der Waals surface area contributed by atoms with Gasteiger partial charge < -0.3 is 19.9 Å². The summed E-state index contributed by atoms with van der Waals surface area (Å²) in [6, 6.07) is 4.91. The second kappa shape index (κ2) is 9.19. The predicted octanol–water partition coefficient (Wildman–Crippen LogP) is 1.88. The molecule has 3 rings (SSSR count).